The molecule has 2 rings (SSSR count). The molecule has 0 unspecified atom stereocenters. The predicted octanol–water partition coefficient (Wildman–Crippen LogP) is 0.841. The summed E-state index contributed by atoms with van der Waals surface area (Å²) >= 11 is 0. The maximum absolute atomic E-state index is 12.0. The minimum atomic E-state index is -0.629. The summed E-state index contributed by atoms with van der Waals surface area (Å²) in [6.07, 6.45) is 0.336. The molecular weight excluding hydrogens is 278 g/mol. The minimum absolute atomic E-state index is 0.0818. The summed E-state index contributed by atoms with van der Waals surface area (Å²) in [4.78, 5) is 26.2. The molecule has 21 heavy (non-hydrogen) atoms. The van der Waals surface area contributed by atoms with Crippen molar-refractivity contribution in [1.29, 1.82) is 0 Å². The lowest BCUT2D eigenvalue weighted by atomic mass is 10.1. The summed E-state index contributed by atoms with van der Waals surface area (Å²) < 4.78 is 4.89. The molecule has 3 N–H and O–H groups in total. The first-order valence-electron chi connectivity index (χ1n) is 6.08. The zero-order valence-corrected chi connectivity index (χ0v) is 11.2. The first-order chi connectivity index (χ1) is 9.97. The number of hydrogen-bond acceptors (Lipinski definition) is 7. The van der Waals surface area contributed by atoms with Crippen LogP contribution in [-0.2, 0) is 6.42 Å². The molecule has 110 valence electrons. The Kier molecular flexibility index (Phi) is 4.12. The van der Waals surface area contributed by atoms with Crippen LogP contribution in [0, 0.1) is 17.0 Å². The molecule has 0 aliphatic rings. The van der Waals surface area contributed by atoms with E-state index in [9.17, 15) is 14.9 Å². The number of benzene rings is 1. The fourth-order valence-electron chi connectivity index (χ4n) is 1.71. The Morgan fingerprint density at radius 3 is 2.90 bits per heavy atom. The van der Waals surface area contributed by atoms with Gasteiger partial charge in [-0.2, -0.15) is 4.98 Å². The molecule has 0 atom stereocenters. The molecule has 1 aromatic carbocycles. The van der Waals surface area contributed by atoms with Gasteiger partial charge in [-0.25, -0.2) is 0 Å². The lowest BCUT2D eigenvalue weighted by Gasteiger charge is -2.05. The molecule has 0 saturated heterocycles. The maximum Gasteiger partial charge on any atom is 0.282 e. The van der Waals surface area contributed by atoms with E-state index in [1.807, 2.05) is 0 Å². The molecule has 1 amide bonds. The Balaban J connectivity index is 2.03. The number of hydrogen-bond donors (Lipinski definition) is 2. The van der Waals surface area contributed by atoms with E-state index in [1.165, 1.54) is 18.2 Å². The van der Waals surface area contributed by atoms with Crippen molar-refractivity contribution >= 4 is 17.3 Å². The first-order valence-corrected chi connectivity index (χ1v) is 6.08. The molecule has 9 heteroatoms. The van der Waals surface area contributed by atoms with Crippen LogP contribution in [0.15, 0.2) is 22.7 Å². The van der Waals surface area contributed by atoms with Gasteiger partial charge < -0.3 is 15.6 Å². The van der Waals surface area contributed by atoms with Crippen molar-refractivity contribution in [2.75, 3.05) is 12.3 Å². The smallest absolute Gasteiger partial charge is 0.282 e. The van der Waals surface area contributed by atoms with Crippen molar-refractivity contribution in [2.45, 2.75) is 13.3 Å². The molecule has 0 spiro atoms. The van der Waals surface area contributed by atoms with E-state index in [4.69, 9.17) is 10.3 Å². The van der Waals surface area contributed by atoms with Gasteiger partial charge in [-0.05, 0) is 19.1 Å². The Bertz CT molecular complexity index is 682. The minimum Gasteiger partial charge on any atom is -0.399 e. The fourth-order valence-corrected chi connectivity index (χ4v) is 1.71. The van der Waals surface area contributed by atoms with Gasteiger partial charge in [0.15, 0.2) is 5.82 Å². The van der Waals surface area contributed by atoms with Crippen LogP contribution in [0.25, 0.3) is 0 Å². The lowest BCUT2D eigenvalue weighted by Crippen LogP contribution is -2.26. The topological polar surface area (TPSA) is 137 Å². The normalized spacial score (nSPS) is 10.3. The number of nitro benzene ring substituents is 1. The second kappa shape index (κ2) is 5.99. The van der Waals surface area contributed by atoms with Gasteiger partial charge >= 0.3 is 0 Å². The third-order valence-corrected chi connectivity index (χ3v) is 2.66. The molecule has 0 aliphatic heterocycles. The van der Waals surface area contributed by atoms with Crippen molar-refractivity contribution in [3.05, 3.63) is 45.6 Å². The quantitative estimate of drug-likeness (QED) is 0.473. The molecule has 0 saturated carbocycles. The third-order valence-electron chi connectivity index (χ3n) is 2.66. The van der Waals surface area contributed by atoms with Gasteiger partial charge in [0.05, 0.1) is 4.92 Å². The van der Waals surface area contributed by atoms with E-state index in [-0.39, 0.29) is 23.5 Å². The highest BCUT2D eigenvalue weighted by Gasteiger charge is 2.20. The lowest BCUT2D eigenvalue weighted by molar-refractivity contribution is -0.385. The summed E-state index contributed by atoms with van der Waals surface area (Å²) in [6.45, 7) is 1.90. The van der Waals surface area contributed by atoms with Crippen LogP contribution in [0.5, 0.6) is 0 Å². The van der Waals surface area contributed by atoms with Gasteiger partial charge in [0, 0.05) is 24.7 Å². The number of carbonyl (C=O) groups is 1. The van der Waals surface area contributed by atoms with E-state index in [0.29, 0.717) is 18.1 Å². The van der Waals surface area contributed by atoms with Gasteiger partial charge in [-0.3, -0.25) is 14.9 Å². The molecule has 0 fully saturated rings. The summed E-state index contributed by atoms with van der Waals surface area (Å²) in [5, 5.41) is 17.1. The average molecular weight is 291 g/mol. The Morgan fingerprint density at radius 2 is 2.29 bits per heavy atom. The Morgan fingerprint density at radius 1 is 1.52 bits per heavy atom. The van der Waals surface area contributed by atoms with Gasteiger partial charge in [-0.15, -0.1) is 0 Å². The second-order valence-corrected chi connectivity index (χ2v) is 4.27. The van der Waals surface area contributed by atoms with Crippen LogP contribution in [0.1, 0.15) is 22.1 Å². The van der Waals surface area contributed by atoms with Crippen LogP contribution in [-0.4, -0.2) is 27.5 Å². The molecule has 0 aliphatic carbocycles. The molecular formula is C12H13N5O4. The number of carbonyl (C=O) groups excluding carboxylic acids is 1. The largest absolute Gasteiger partial charge is 0.399 e. The summed E-state index contributed by atoms with van der Waals surface area (Å²) in [5.41, 5.74) is 5.45. The van der Waals surface area contributed by atoms with E-state index in [0.717, 1.165) is 0 Å². The van der Waals surface area contributed by atoms with Crippen molar-refractivity contribution in [1.82, 2.24) is 15.5 Å². The molecule has 9 nitrogen and oxygen atoms in total. The van der Waals surface area contributed by atoms with Crippen molar-refractivity contribution in [3.8, 4) is 0 Å². The number of rotatable bonds is 5. The zero-order valence-electron chi connectivity index (χ0n) is 11.2. The number of amides is 1. The van der Waals surface area contributed by atoms with Gasteiger partial charge in [0.2, 0.25) is 5.89 Å². The number of nitrogens with two attached hydrogens (primary N) is 1. The highest BCUT2D eigenvalue weighted by Crippen LogP contribution is 2.20. The number of aromatic nitrogens is 2. The van der Waals surface area contributed by atoms with Gasteiger partial charge in [0.25, 0.3) is 11.6 Å². The zero-order chi connectivity index (χ0) is 15.4. The summed E-state index contributed by atoms with van der Waals surface area (Å²) in [7, 11) is 0. The maximum atomic E-state index is 12.0. The first kappa shape index (κ1) is 14.4. The number of aryl methyl sites for hydroxylation is 1. The van der Waals surface area contributed by atoms with Crippen molar-refractivity contribution in [2.24, 2.45) is 0 Å². The van der Waals surface area contributed by atoms with Crippen LogP contribution in [0.4, 0.5) is 11.4 Å². The number of nitrogens with zero attached hydrogens (tertiary/aromatic N) is 3. The molecule has 1 heterocycles. The molecule has 2 aromatic rings. The SMILES string of the molecule is Cc1noc(CCNC(=O)c2cc(N)ccc2[N+](=O)[O-])n1. The third kappa shape index (κ3) is 3.53. The Labute approximate surface area is 119 Å². The number of nitrogen functional groups attached to an aromatic ring is 1. The number of anilines is 1. The van der Waals surface area contributed by atoms with E-state index < -0.39 is 10.8 Å². The molecule has 0 bridgehead atoms. The standard InChI is InChI=1S/C12H13N5O4/c1-7-15-11(21-16-7)4-5-14-12(18)9-6-8(13)2-3-10(9)17(19)20/h2-3,6H,4-5,13H2,1H3,(H,14,18). The average Bonchev–Trinajstić information content (AvgIpc) is 2.84. The highest BCUT2D eigenvalue weighted by atomic mass is 16.6. The van der Waals surface area contributed by atoms with Gasteiger partial charge in [0.1, 0.15) is 5.56 Å². The fraction of sp³-hybridized carbons (Fsp3) is 0.250. The summed E-state index contributed by atoms with van der Waals surface area (Å²) in [5.74, 6) is 0.308. The van der Waals surface area contributed by atoms with Crippen LogP contribution >= 0.6 is 0 Å². The summed E-state index contributed by atoms with van der Waals surface area (Å²) in [6, 6.07) is 3.84. The highest BCUT2D eigenvalue weighted by molar-refractivity contribution is 5.99. The van der Waals surface area contributed by atoms with E-state index in [1.54, 1.807) is 6.92 Å². The molecule has 1 aromatic heterocycles. The van der Waals surface area contributed by atoms with E-state index in [2.05, 4.69) is 15.5 Å². The Hall–Kier alpha value is -2.97. The van der Waals surface area contributed by atoms with Crippen molar-refractivity contribution in [3.63, 3.8) is 0 Å². The monoisotopic (exact) mass is 291 g/mol. The number of nitro groups is 1. The predicted molar refractivity (Wildman–Crippen MR) is 72.6 cm³/mol. The van der Waals surface area contributed by atoms with Crippen LogP contribution < -0.4 is 11.1 Å². The van der Waals surface area contributed by atoms with Gasteiger partial charge in [-0.1, -0.05) is 5.16 Å². The number of nitrogens with one attached hydrogen (secondary N) is 1. The van der Waals surface area contributed by atoms with E-state index >= 15 is 0 Å². The van der Waals surface area contributed by atoms with Crippen molar-refractivity contribution < 1.29 is 14.2 Å². The van der Waals surface area contributed by atoms with Crippen LogP contribution in [0.3, 0.4) is 0 Å². The van der Waals surface area contributed by atoms with Crippen LogP contribution in [0.2, 0.25) is 0 Å². The second-order valence-electron chi connectivity index (χ2n) is 4.27. The molecule has 0 radical (unpaired) electrons.